The van der Waals surface area contributed by atoms with Crippen LogP contribution in [0.5, 0.6) is 0 Å². The fourth-order valence-corrected chi connectivity index (χ4v) is 2.41. The van der Waals surface area contributed by atoms with Crippen LogP contribution in [-0.4, -0.2) is 36.9 Å². The van der Waals surface area contributed by atoms with Crippen LogP contribution in [0.1, 0.15) is 24.2 Å². The quantitative estimate of drug-likeness (QED) is 0.866. The van der Waals surface area contributed by atoms with Gasteiger partial charge in [0, 0.05) is 19.2 Å². The first kappa shape index (κ1) is 16.3. The molecule has 0 saturated heterocycles. The van der Waals surface area contributed by atoms with Crippen molar-refractivity contribution in [2.45, 2.75) is 19.9 Å². The van der Waals surface area contributed by atoms with Crippen LogP contribution in [0, 0.1) is 11.6 Å². The zero-order valence-electron chi connectivity index (χ0n) is 11.0. The summed E-state index contributed by atoms with van der Waals surface area (Å²) in [5, 5.41) is 8.73. The third kappa shape index (κ3) is 3.42. The maximum absolute atomic E-state index is 13.5. The first-order valence-corrected chi connectivity index (χ1v) is 6.98. The van der Waals surface area contributed by atoms with Crippen molar-refractivity contribution >= 4 is 21.9 Å². The predicted octanol–water partition coefficient (Wildman–Crippen LogP) is 1.66. The summed E-state index contributed by atoms with van der Waals surface area (Å²) in [7, 11) is -2.79. The average molecular weight is 308 g/mol. The van der Waals surface area contributed by atoms with E-state index in [2.05, 4.69) is 0 Å². The number of carbonyl (C=O) groups is 1. The third-order valence-electron chi connectivity index (χ3n) is 2.63. The Morgan fingerprint density at radius 1 is 1.30 bits per heavy atom. The van der Waals surface area contributed by atoms with Crippen molar-refractivity contribution in [1.29, 1.82) is 0 Å². The maximum Gasteiger partial charge on any atom is 0.338 e. The number of halogens is 2. The maximum atomic E-state index is 13.5. The summed E-state index contributed by atoms with van der Waals surface area (Å²) in [6.45, 7) is 3.20. The van der Waals surface area contributed by atoms with Gasteiger partial charge in [-0.15, -0.1) is 0 Å². The van der Waals surface area contributed by atoms with Crippen LogP contribution in [0.3, 0.4) is 0 Å². The van der Waals surface area contributed by atoms with Crippen LogP contribution in [0.2, 0.25) is 0 Å². The van der Waals surface area contributed by atoms with E-state index in [9.17, 15) is 22.0 Å². The molecule has 1 aromatic rings. The molecule has 0 amide bonds. The molecule has 20 heavy (non-hydrogen) atoms. The molecule has 0 aromatic heterocycles. The number of anilines is 1. The van der Waals surface area contributed by atoms with Gasteiger partial charge in [0.2, 0.25) is 0 Å². The molecule has 112 valence electrons. The standard InChI is InChI=1S/C11H14F2N2O4S/c1-6(2)15(3)20(18,19)14-10-4-7(11(16)17)8(12)5-9(10)13/h4-6,14H,1-3H3,(H,16,17). The highest BCUT2D eigenvalue weighted by atomic mass is 32.2. The van der Waals surface area contributed by atoms with Gasteiger partial charge in [-0.25, -0.2) is 13.6 Å². The lowest BCUT2D eigenvalue weighted by atomic mass is 10.2. The van der Waals surface area contributed by atoms with Crippen LogP contribution in [0.15, 0.2) is 12.1 Å². The summed E-state index contributed by atoms with van der Waals surface area (Å²) in [6, 6.07) is 0.519. The van der Waals surface area contributed by atoms with Crippen molar-refractivity contribution in [2.24, 2.45) is 0 Å². The molecule has 0 saturated carbocycles. The summed E-state index contributed by atoms with van der Waals surface area (Å²) < 4.78 is 53.2. The highest BCUT2D eigenvalue weighted by Crippen LogP contribution is 2.21. The van der Waals surface area contributed by atoms with Gasteiger partial charge in [-0.2, -0.15) is 12.7 Å². The van der Waals surface area contributed by atoms with E-state index in [0.29, 0.717) is 12.1 Å². The molecule has 0 aliphatic carbocycles. The lowest BCUT2D eigenvalue weighted by Gasteiger charge is -2.22. The molecule has 1 rings (SSSR count). The molecule has 0 atom stereocenters. The largest absolute Gasteiger partial charge is 0.478 e. The Morgan fingerprint density at radius 3 is 2.30 bits per heavy atom. The van der Waals surface area contributed by atoms with Crippen molar-refractivity contribution in [3.63, 3.8) is 0 Å². The minimum Gasteiger partial charge on any atom is -0.478 e. The van der Waals surface area contributed by atoms with Gasteiger partial charge in [-0.3, -0.25) is 4.72 Å². The van der Waals surface area contributed by atoms with Crippen LogP contribution in [-0.2, 0) is 10.2 Å². The van der Waals surface area contributed by atoms with E-state index >= 15 is 0 Å². The van der Waals surface area contributed by atoms with Crippen molar-refractivity contribution < 1.29 is 27.1 Å². The highest BCUT2D eigenvalue weighted by Gasteiger charge is 2.23. The first-order valence-electron chi connectivity index (χ1n) is 5.54. The van der Waals surface area contributed by atoms with Crippen molar-refractivity contribution in [3.05, 3.63) is 29.3 Å². The van der Waals surface area contributed by atoms with E-state index in [1.807, 2.05) is 4.72 Å². The SMILES string of the molecule is CC(C)N(C)S(=O)(=O)Nc1cc(C(=O)O)c(F)cc1F. The molecule has 0 bridgehead atoms. The van der Waals surface area contributed by atoms with Crippen molar-refractivity contribution in [2.75, 3.05) is 11.8 Å². The molecule has 0 fully saturated rings. The first-order chi connectivity index (χ1) is 9.06. The number of rotatable bonds is 5. The second-order valence-electron chi connectivity index (χ2n) is 4.33. The molecule has 0 radical (unpaired) electrons. The molecule has 0 aliphatic heterocycles. The number of benzene rings is 1. The zero-order valence-corrected chi connectivity index (χ0v) is 11.8. The monoisotopic (exact) mass is 308 g/mol. The van der Waals surface area contributed by atoms with Gasteiger partial charge in [0.15, 0.2) is 0 Å². The number of aromatic carboxylic acids is 1. The lowest BCUT2D eigenvalue weighted by molar-refractivity contribution is 0.0692. The molecule has 1 aromatic carbocycles. The molecule has 0 spiro atoms. The van der Waals surface area contributed by atoms with Gasteiger partial charge in [0.1, 0.15) is 11.6 Å². The molecular formula is C11H14F2N2O4S. The Balaban J connectivity index is 3.22. The molecule has 0 unspecified atom stereocenters. The van der Waals surface area contributed by atoms with Crippen molar-refractivity contribution in [1.82, 2.24) is 4.31 Å². The summed E-state index contributed by atoms with van der Waals surface area (Å²) in [6.07, 6.45) is 0. The molecule has 6 nitrogen and oxygen atoms in total. The summed E-state index contributed by atoms with van der Waals surface area (Å²) in [5.41, 5.74) is -1.45. The minimum absolute atomic E-state index is 0.316. The second kappa shape index (κ2) is 5.71. The Hall–Kier alpha value is -1.74. The summed E-state index contributed by atoms with van der Waals surface area (Å²) >= 11 is 0. The fourth-order valence-electron chi connectivity index (χ4n) is 1.28. The van der Waals surface area contributed by atoms with Crippen LogP contribution in [0.25, 0.3) is 0 Å². The summed E-state index contributed by atoms with van der Waals surface area (Å²) in [4.78, 5) is 10.7. The third-order valence-corrected chi connectivity index (χ3v) is 4.29. The molecule has 9 heteroatoms. The smallest absolute Gasteiger partial charge is 0.338 e. The molecule has 0 aliphatic rings. The van der Waals surface area contributed by atoms with Gasteiger partial charge < -0.3 is 5.11 Å². The van der Waals surface area contributed by atoms with E-state index in [1.165, 1.54) is 7.05 Å². The highest BCUT2D eigenvalue weighted by molar-refractivity contribution is 7.90. The predicted molar refractivity (Wildman–Crippen MR) is 68.8 cm³/mol. The number of carboxylic acid groups (broad SMARTS) is 1. The van der Waals surface area contributed by atoms with E-state index in [0.717, 1.165) is 4.31 Å². The topological polar surface area (TPSA) is 86.7 Å². The van der Waals surface area contributed by atoms with Gasteiger partial charge in [0.25, 0.3) is 0 Å². The molecular weight excluding hydrogens is 294 g/mol. The lowest BCUT2D eigenvalue weighted by Crippen LogP contribution is -2.37. The van der Waals surface area contributed by atoms with E-state index in [-0.39, 0.29) is 0 Å². The second-order valence-corrected chi connectivity index (χ2v) is 6.06. The zero-order chi connectivity index (χ0) is 15.7. The van der Waals surface area contributed by atoms with Crippen LogP contribution >= 0.6 is 0 Å². The van der Waals surface area contributed by atoms with Gasteiger partial charge in [0.05, 0.1) is 11.3 Å². The fraction of sp³-hybridized carbons (Fsp3) is 0.364. The van der Waals surface area contributed by atoms with E-state index in [1.54, 1.807) is 13.8 Å². The number of nitrogens with zero attached hydrogens (tertiary/aromatic N) is 1. The molecule has 0 heterocycles. The number of hydrogen-bond acceptors (Lipinski definition) is 3. The Labute approximate surface area is 115 Å². The number of hydrogen-bond donors (Lipinski definition) is 2. The van der Waals surface area contributed by atoms with E-state index in [4.69, 9.17) is 5.11 Å². The normalized spacial score (nSPS) is 11.9. The summed E-state index contributed by atoms with van der Waals surface area (Å²) in [5.74, 6) is -4.11. The number of carboxylic acids is 1. The van der Waals surface area contributed by atoms with Crippen LogP contribution in [0.4, 0.5) is 14.5 Å². The Kier molecular flexibility index (Phi) is 4.66. The van der Waals surface area contributed by atoms with Gasteiger partial charge >= 0.3 is 16.2 Å². The van der Waals surface area contributed by atoms with Gasteiger partial charge in [-0.1, -0.05) is 0 Å². The number of nitrogens with one attached hydrogen (secondary N) is 1. The minimum atomic E-state index is -4.06. The Bertz CT molecular complexity index is 632. The van der Waals surface area contributed by atoms with Crippen LogP contribution < -0.4 is 4.72 Å². The van der Waals surface area contributed by atoms with Crippen molar-refractivity contribution in [3.8, 4) is 0 Å². The molecule has 2 N–H and O–H groups in total. The van der Waals surface area contributed by atoms with E-state index < -0.39 is 45.1 Å². The Morgan fingerprint density at radius 2 is 1.85 bits per heavy atom. The van der Waals surface area contributed by atoms with Gasteiger partial charge in [-0.05, 0) is 19.9 Å². The average Bonchev–Trinajstić information content (AvgIpc) is 2.30.